The van der Waals surface area contributed by atoms with Gasteiger partial charge in [-0.1, -0.05) is 15.9 Å². The zero-order chi connectivity index (χ0) is 25.1. The summed E-state index contributed by atoms with van der Waals surface area (Å²) in [6.07, 6.45) is 4.02. The highest BCUT2D eigenvalue weighted by Gasteiger charge is 2.31. The third-order valence-electron chi connectivity index (χ3n) is 4.92. The van der Waals surface area contributed by atoms with Gasteiger partial charge < -0.3 is 9.64 Å². The van der Waals surface area contributed by atoms with Crippen molar-refractivity contribution in [3.63, 3.8) is 0 Å². The highest BCUT2D eigenvalue weighted by molar-refractivity contribution is 9.10. The number of benzene rings is 1. The van der Waals surface area contributed by atoms with Crippen LogP contribution < -0.4 is 14.4 Å². The first kappa shape index (κ1) is 25.4. The zero-order valence-electron chi connectivity index (χ0n) is 19.4. The van der Waals surface area contributed by atoms with Gasteiger partial charge in [0, 0.05) is 35.6 Å². The predicted molar refractivity (Wildman–Crippen MR) is 133 cm³/mol. The van der Waals surface area contributed by atoms with Crippen molar-refractivity contribution < 1.29 is 17.9 Å². The van der Waals surface area contributed by atoms with Crippen LogP contribution in [0.4, 0.5) is 22.2 Å². The smallest absolute Gasteiger partial charge is 0.330 e. The first-order chi connectivity index (χ1) is 15.9. The number of carbonyl (C=O) groups excluding carboxylic acids is 1. The second kappa shape index (κ2) is 9.94. The van der Waals surface area contributed by atoms with Crippen LogP contribution in [0.1, 0.15) is 20.8 Å². The number of methoxy groups -OCH3 is 1. The molecule has 1 N–H and O–H groups in total. The second-order valence-corrected chi connectivity index (χ2v) is 10.8. The lowest BCUT2D eigenvalue weighted by atomic mass is 10.1. The third-order valence-corrected chi connectivity index (χ3v) is 6.73. The number of aromatic nitrogens is 3. The molecule has 0 aliphatic carbocycles. The van der Waals surface area contributed by atoms with Gasteiger partial charge >= 0.3 is 6.03 Å². The molecule has 10 nitrogen and oxygen atoms in total. The molecule has 2 aromatic heterocycles. The van der Waals surface area contributed by atoms with Crippen LogP contribution in [0.3, 0.4) is 0 Å². The number of rotatable bonds is 6. The monoisotopic (exact) mass is 548 g/mol. The Hall–Kier alpha value is -3.25. The molecule has 3 rings (SSSR count). The number of hydrogen-bond acceptors (Lipinski definition) is 7. The van der Waals surface area contributed by atoms with E-state index in [0.29, 0.717) is 11.4 Å². The quantitative estimate of drug-likeness (QED) is 0.483. The van der Waals surface area contributed by atoms with Gasteiger partial charge in [-0.15, -0.1) is 0 Å². The van der Waals surface area contributed by atoms with Crippen molar-refractivity contribution in [3.8, 4) is 5.75 Å². The van der Waals surface area contributed by atoms with Crippen LogP contribution in [0, 0.1) is 0 Å². The second-order valence-electron chi connectivity index (χ2n) is 8.19. The third kappa shape index (κ3) is 5.62. The molecular weight excluding hydrogens is 524 g/mol. The molecule has 3 aromatic rings. The largest absolute Gasteiger partial charge is 0.495 e. The molecule has 12 heteroatoms. The Bertz CT molecular complexity index is 1260. The number of sulfonamides is 1. The van der Waals surface area contributed by atoms with Crippen molar-refractivity contribution in [1.29, 1.82) is 0 Å². The lowest BCUT2D eigenvalue weighted by molar-refractivity contribution is 0.174. The maximum absolute atomic E-state index is 13.6. The molecule has 2 amide bonds. The van der Waals surface area contributed by atoms with E-state index in [2.05, 4.69) is 35.6 Å². The number of ether oxygens (including phenoxy) is 1. The van der Waals surface area contributed by atoms with Crippen molar-refractivity contribution >= 4 is 49.4 Å². The molecule has 0 unspecified atom stereocenters. The maximum atomic E-state index is 13.6. The van der Waals surface area contributed by atoms with E-state index in [0.717, 1.165) is 4.47 Å². The van der Waals surface area contributed by atoms with E-state index >= 15 is 0 Å². The van der Waals surface area contributed by atoms with Gasteiger partial charge in [-0.3, -0.25) is 0 Å². The summed E-state index contributed by atoms with van der Waals surface area (Å²) in [4.78, 5) is 28.4. The standard InChI is InChI=1S/C22H25BrN6O4S/c1-22(2,3)28(4)21(30)29(17-9-7-15(23)13-18(17)33-5)19-10-8-16(14-26-19)34(31,32)27-20-24-11-6-12-25-20/h6-14H,1-5H3,(H,24,25,27). The van der Waals surface area contributed by atoms with Gasteiger partial charge in [-0.2, -0.15) is 0 Å². The molecule has 0 bridgehead atoms. The summed E-state index contributed by atoms with van der Waals surface area (Å²) < 4.78 is 34.0. The molecule has 1 aromatic carbocycles. The molecule has 0 saturated heterocycles. The summed E-state index contributed by atoms with van der Waals surface area (Å²) in [7, 11) is -0.795. The fraction of sp³-hybridized carbons (Fsp3) is 0.273. The van der Waals surface area contributed by atoms with Crippen molar-refractivity contribution in [2.45, 2.75) is 31.2 Å². The Morgan fingerprint density at radius 3 is 2.32 bits per heavy atom. The highest BCUT2D eigenvalue weighted by Crippen LogP contribution is 2.36. The Balaban J connectivity index is 2.04. The topological polar surface area (TPSA) is 118 Å². The zero-order valence-corrected chi connectivity index (χ0v) is 21.8. The van der Waals surface area contributed by atoms with E-state index in [-0.39, 0.29) is 22.7 Å². The predicted octanol–water partition coefficient (Wildman–Crippen LogP) is 4.43. The summed E-state index contributed by atoms with van der Waals surface area (Å²) in [5.41, 5.74) is -0.0356. The summed E-state index contributed by atoms with van der Waals surface area (Å²) in [6.45, 7) is 5.72. The fourth-order valence-corrected chi connectivity index (χ4v) is 4.03. The van der Waals surface area contributed by atoms with Gasteiger partial charge in [0.15, 0.2) is 0 Å². The molecule has 0 spiro atoms. The lowest BCUT2D eigenvalue weighted by Gasteiger charge is -2.36. The number of nitrogens with one attached hydrogen (secondary N) is 1. The molecule has 2 heterocycles. The Morgan fingerprint density at radius 2 is 1.76 bits per heavy atom. The van der Waals surface area contributed by atoms with Crippen LogP contribution in [-0.2, 0) is 10.0 Å². The van der Waals surface area contributed by atoms with E-state index in [1.54, 1.807) is 36.2 Å². The highest BCUT2D eigenvalue weighted by atomic mass is 79.9. The fourth-order valence-electron chi connectivity index (χ4n) is 2.79. The van der Waals surface area contributed by atoms with Gasteiger partial charge in [0.2, 0.25) is 5.95 Å². The van der Waals surface area contributed by atoms with Crippen molar-refractivity contribution in [1.82, 2.24) is 19.9 Å². The number of urea groups is 1. The van der Waals surface area contributed by atoms with Gasteiger partial charge in [-0.05, 0) is 57.2 Å². The van der Waals surface area contributed by atoms with E-state index < -0.39 is 15.6 Å². The first-order valence-electron chi connectivity index (χ1n) is 10.1. The molecule has 180 valence electrons. The minimum absolute atomic E-state index is 0.0604. The van der Waals surface area contributed by atoms with Crippen LogP contribution >= 0.6 is 15.9 Å². The van der Waals surface area contributed by atoms with Gasteiger partial charge in [-0.25, -0.2) is 37.8 Å². The van der Waals surface area contributed by atoms with Gasteiger partial charge in [0.25, 0.3) is 10.0 Å². The van der Waals surface area contributed by atoms with Crippen molar-refractivity contribution in [2.24, 2.45) is 0 Å². The summed E-state index contributed by atoms with van der Waals surface area (Å²) in [6, 6.07) is 9.25. The first-order valence-corrected chi connectivity index (χ1v) is 12.4. The van der Waals surface area contributed by atoms with Gasteiger partial charge in [0.1, 0.15) is 16.5 Å². The molecule has 0 fully saturated rings. The number of nitrogens with zero attached hydrogens (tertiary/aromatic N) is 5. The van der Waals surface area contributed by atoms with E-state index in [1.807, 2.05) is 20.8 Å². The number of amides is 2. The normalized spacial score (nSPS) is 11.6. The van der Waals surface area contributed by atoms with Crippen LogP contribution in [-0.4, -0.2) is 54.0 Å². The van der Waals surface area contributed by atoms with Crippen LogP contribution in [0.2, 0.25) is 0 Å². The SMILES string of the molecule is COc1cc(Br)ccc1N(C(=O)N(C)C(C)(C)C)c1ccc(S(=O)(=O)Nc2ncccn2)cn1. The summed E-state index contributed by atoms with van der Waals surface area (Å²) in [5, 5.41) is 0. The molecule has 0 atom stereocenters. The number of anilines is 3. The van der Waals surface area contributed by atoms with Gasteiger partial charge in [0.05, 0.1) is 12.8 Å². The molecule has 0 aliphatic heterocycles. The number of hydrogen-bond donors (Lipinski definition) is 1. The lowest BCUT2D eigenvalue weighted by Crippen LogP contribution is -2.48. The molecule has 0 saturated carbocycles. The average molecular weight is 549 g/mol. The average Bonchev–Trinajstić information content (AvgIpc) is 2.79. The molecule has 34 heavy (non-hydrogen) atoms. The van der Waals surface area contributed by atoms with E-state index in [4.69, 9.17) is 4.74 Å². The number of pyridine rings is 1. The van der Waals surface area contributed by atoms with E-state index in [9.17, 15) is 13.2 Å². The Morgan fingerprint density at radius 1 is 1.09 bits per heavy atom. The number of carbonyl (C=O) groups is 1. The Kier molecular flexibility index (Phi) is 7.41. The molecular formula is C22H25BrN6O4S. The van der Waals surface area contributed by atoms with Crippen molar-refractivity contribution in [3.05, 3.63) is 59.5 Å². The molecule has 0 radical (unpaired) electrons. The Labute approximate surface area is 207 Å². The number of halogens is 1. The minimum Gasteiger partial charge on any atom is -0.495 e. The van der Waals surface area contributed by atoms with Crippen LogP contribution in [0.15, 0.2) is 64.4 Å². The summed E-state index contributed by atoms with van der Waals surface area (Å²) in [5.74, 6) is 0.595. The minimum atomic E-state index is -3.98. The molecule has 0 aliphatic rings. The van der Waals surface area contributed by atoms with Crippen LogP contribution in [0.5, 0.6) is 5.75 Å². The summed E-state index contributed by atoms with van der Waals surface area (Å²) >= 11 is 3.41. The van der Waals surface area contributed by atoms with Crippen LogP contribution in [0.25, 0.3) is 0 Å². The maximum Gasteiger partial charge on any atom is 0.330 e. The van der Waals surface area contributed by atoms with Crippen molar-refractivity contribution in [2.75, 3.05) is 23.8 Å². The van der Waals surface area contributed by atoms with E-state index in [1.165, 1.54) is 42.7 Å².